The van der Waals surface area contributed by atoms with Gasteiger partial charge in [0.15, 0.2) is 0 Å². The second-order valence-electron chi connectivity index (χ2n) is 3.98. The highest BCUT2D eigenvalue weighted by atomic mass is 16.5. The third kappa shape index (κ3) is 13.4. The Kier molecular flexibility index (Phi) is 12.0. The van der Waals surface area contributed by atoms with Gasteiger partial charge in [0.05, 0.1) is 13.0 Å². The van der Waals surface area contributed by atoms with Gasteiger partial charge >= 0.3 is 5.97 Å². The molecule has 0 aliphatic rings. The zero-order chi connectivity index (χ0) is 12.1. The maximum Gasteiger partial charge on any atom is 0.305 e. The van der Waals surface area contributed by atoms with Crippen molar-refractivity contribution >= 4 is 5.97 Å². The van der Waals surface area contributed by atoms with E-state index in [0.29, 0.717) is 13.2 Å². The van der Waals surface area contributed by atoms with Gasteiger partial charge in [0.1, 0.15) is 0 Å². The largest absolute Gasteiger partial charge is 0.481 e. The molecule has 0 saturated heterocycles. The molecule has 2 N–H and O–H groups in total. The zero-order valence-corrected chi connectivity index (χ0v) is 10.3. The van der Waals surface area contributed by atoms with E-state index in [2.05, 4.69) is 5.32 Å². The first-order valence-electron chi connectivity index (χ1n) is 6.21. The number of hydrogen-bond acceptors (Lipinski definition) is 3. The first-order valence-corrected chi connectivity index (χ1v) is 6.21. The molecule has 4 nitrogen and oxygen atoms in total. The van der Waals surface area contributed by atoms with Crippen LogP contribution in [0.1, 0.15) is 44.9 Å². The smallest absolute Gasteiger partial charge is 0.305 e. The van der Waals surface area contributed by atoms with Gasteiger partial charge in [-0.3, -0.25) is 4.79 Å². The number of hydrogen-bond donors (Lipinski definition) is 2. The maximum absolute atomic E-state index is 10.2. The Balaban J connectivity index is 2.90. The molecule has 0 saturated carbocycles. The highest BCUT2D eigenvalue weighted by Gasteiger charge is 1.96. The van der Waals surface area contributed by atoms with E-state index in [-0.39, 0.29) is 6.42 Å². The highest BCUT2D eigenvalue weighted by Crippen LogP contribution is 2.05. The van der Waals surface area contributed by atoms with Crippen LogP contribution in [0, 0.1) is 0 Å². The van der Waals surface area contributed by atoms with Crippen LogP contribution in [0.2, 0.25) is 0 Å². The van der Waals surface area contributed by atoms with E-state index in [1.165, 1.54) is 32.1 Å². The molecule has 0 aromatic carbocycles. The monoisotopic (exact) mass is 231 g/mol. The minimum atomic E-state index is -0.787. The number of nitrogens with one attached hydrogen (secondary N) is 1. The molecule has 0 aromatic rings. The van der Waals surface area contributed by atoms with Crippen molar-refractivity contribution in [2.45, 2.75) is 44.9 Å². The van der Waals surface area contributed by atoms with Crippen LogP contribution in [0.5, 0.6) is 0 Å². The Labute approximate surface area is 98.4 Å². The van der Waals surface area contributed by atoms with Gasteiger partial charge in [-0.25, -0.2) is 0 Å². The molecule has 0 fully saturated rings. The van der Waals surface area contributed by atoms with Crippen molar-refractivity contribution in [3.8, 4) is 0 Å². The average molecular weight is 231 g/mol. The summed E-state index contributed by atoms with van der Waals surface area (Å²) < 4.78 is 5.20. The van der Waals surface area contributed by atoms with Crippen LogP contribution in [0.4, 0.5) is 0 Å². The normalized spacial score (nSPS) is 10.6. The van der Waals surface area contributed by atoms with Crippen LogP contribution in [0.3, 0.4) is 0 Å². The topological polar surface area (TPSA) is 58.6 Å². The molecule has 0 rings (SSSR count). The van der Waals surface area contributed by atoms with Crippen molar-refractivity contribution < 1.29 is 14.6 Å². The van der Waals surface area contributed by atoms with Crippen LogP contribution in [-0.4, -0.2) is 37.9 Å². The summed E-state index contributed by atoms with van der Waals surface area (Å²) in [4.78, 5) is 10.2. The van der Waals surface area contributed by atoms with E-state index in [4.69, 9.17) is 9.84 Å². The van der Waals surface area contributed by atoms with Crippen molar-refractivity contribution in [2.24, 2.45) is 0 Å². The van der Waals surface area contributed by atoms with Crippen molar-refractivity contribution in [3.05, 3.63) is 0 Å². The summed E-state index contributed by atoms with van der Waals surface area (Å²) in [7, 11) is 1.98. The summed E-state index contributed by atoms with van der Waals surface area (Å²) in [6.07, 6.45) is 7.44. The van der Waals surface area contributed by atoms with E-state index in [9.17, 15) is 4.79 Å². The zero-order valence-electron chi connectivity index (χ0n) is 10.3. The number of carboxylic acid groups (broad SMARTS) is 1. The Morgan fingerprint density at radius 2 is 1.69 bits per heavy atom. The summed E-state index contributed by atoms with van der Waals surface area (Å²) in [5.74, 6) is -0.787. The summed E-state index contributed by atoms with van der Waals surface area (Å²) >= 11 is 0. The Bertz CT molecular complexity index is 162. The van der Waals surface area contributed by atoms with Gasteiger partial charge in [0.2, 0.25) is 0 Å². The fourth-order valence-electron chi connectivity index (χ4n) is 1.47. The van der Waals surface area contributed by atoms with Crippen molar-refractivity contribution in [2.75, 3.05) is 26.8 Å². The lowest BCUT2D eigenvalue weighted by Crippen LogP contribution is -2.06. The molecule has 0 heterocycles. The molecule has 4 heteroatoms. The Morgan fingerprint density at radius 1 is 1.06 bits per heavy atom. The number of carbonyl (C=O) groups is 1. The standard InChI is InChI=1S/C12H25NO3/c1-13-9-6-4-2-3-5-7-10-16-11-8-12(14)15/h13H,2-11H2,1H3,(H,14,15). The predicted octanol–water partition coefficient (Wildman–Crippen LogP) is 2.04. The van der Waals surface area contributed by atoms with E-state index in [1.54, 1.807) is 0 Å². The lowest BCUT2D eigenvalue weighted by Gasteiger charge is -2.03. The van der Waals surface area contributed by atoms with Crippen LogP contribution in [0.25, 0.3) is 0 Å². The molecule has 0 amide bonds. The molecule has 96 valence electrons. The van der Waals surface area contributed by atoms with Gasteiger partial charge in [0, 0.05) is 6.61 Å². The van der Waals surface area contributed by atoms with Crippen LogP contribution in [-0.2, 0) is 9.53 Å². The first-order chi connectivity index (χ1) is 7.77. The summed E-state index contributed by atoms with van der Waals surface area (Å²) in [5.41, 5.74) is 0. The second-order valence-corrected chi connectivity index (χ2v) is 3.98. The number of unbranched alkanes of at least 4 members (excludes halogenated alkanes) is 5. The molecule has 0 aliphatic heterocycles. The minimum Gasteiger partial charge on any atom is -0.481 e. The molecule has 0 aromatic heterocycles. The lowest BCUT2D eigenvalue weighted by molar-refractivity contribution is -0.138. The SMILES string of the molecule is CNCCCCCCCCOCCC(=O)O. The van der Waals surface area contributed by atoms with E-state index in [0.717, 1.165) is 13.0 Å². The highest BCUT2D eigenvalue weighted by molar-refractivity contribution is 5.66. The molecule has 0 radical (unpaired) electrons. The Hall–Kier alpha value is -0.610. The van der Waals surface area contributed by atoms with Crippen LogP contribution in [0.15, 0.2) is 0 Å². The quantitative estimate of drug-likeness (QED) is 0.505. The van der Waals surface area contributed by atoms with Crippen LogP contribution < -0.4 is 5.32 Å². The Morgan fingerprint density at radius 3 is 2.31 bits per heavy atom. The number of carboxylic acids is 1. The van der Waals surface area contributed by atoms with Gasteiger partial charge in [-0.1, -0.05) is 25.7 Å². The second kappa shape index (κ2) is 12.5. The minimum absolute atomic E-state index is 0.115. The molecular weight excluding hydrogens is 206 g/mol. The molecule has 0 atom stereocenters. The number of rotatable bonds is 12. The van der Waals surface area contributed by atoms with E-state index < -0.39 is 5.97 Å². The lowest BCUT2D eigenvalue weighted by atomic mass is 10.1. The predicted molar refractivity (Wildman–Crippen MR) is 64.7 cm³/mol. The third-order valence-electron chi connectivity index (χ3n) is 2.43. The molecular formula is C12H25NO3. The maximum atomic E-state index is 10.2. The number of ether oxygens (including phenoxy) is 1. The van der Waals surface area contributed by atoms with Gasteiger partial charge in [-0.15, -0.1) is 0 Å². The average Bonchev–Trinajstić information content (AvgIpc) is 2.25. The van der Waals surface area contributed by atoms with Gasteiger partial charge in [0.25, 0.3) is 0 Å². The number of aliphatic carboxylic acids is 1. The summed E-state index contributed by atoms with van der Waals surface area (Å²) in [6, 6.07) is 0. The molecule has 16 heavy (non-hydrogen) atoms. The first kappa shape index (κ1) is 15.4. The molecule has 0 unspecified atom stereocenters. The van der Waals surface area contributed by atoms with Crippen molar-refractivity contribution in [1.29, 1.82) is 0 Å². The summed E-state index contributed by atoms with van der Waals surface area (Å²) in [6.45, 7) is 2.15. The molecule has 0 aliphatic carbocycles. The summed E-state index contributed by atoms with van der Waals surface area (Å²) in [5, 5.41) is 11.5. The molecule has 0 spiro atoms. The van der Waals surface area contributed by atoms with Crippen molar-refractivity contribution in [3.63, 3.8) is 0 Å². The van der Waals surface area contributed by atoms with Gasteiger partial charge in [-0.2, -0.15) is 0 Å². The molecule has 0 bridgehead atoms. The van der Waals surface area contributed by atoms with Crippen LogP contribution >= 0.6 is 0 Å². The van der Waals surface area contributed by atoms with Gasteiger partial charge < -0.3 is 15.2 Å². The van der Waals surface area contributed by atoms with E-state index in [1.807, 2.05) is 7.05 Å². The fourth-order valence-corrected chi connectivity index (χ4v) is 1.47. The fraction of sp³-hybridized carbons (Fsp3) is 0.917. The third-order valence-corrected chi connectivity index (χ3v) is 2.43. The van der Waals surface area contributed by atoms with Crippen molar-refractivity contribution in [1.82, 2.24) is 5.32 Å². The van der Waals surface area contributed by atoms with Gasteiger partial charge in [-0.05, 0) is 26.4 Å². The van der Waals surface area contributed by atoms with E-state index >= 15 is 0 Å².